The van der Waals surface area contributed by atoms with E-state index in [0.717, 1.165) is 30.4 Å². The molecule has 0 saturated carbocycles. The number of carbonyl (C=O) groups excluding carboxylic acids is 1. The van der Waals surface area contributed by atoms with Gasteiger partial charge in [-0.25, -0.2) is 4.98 Å². The molecule has 1 N–H and O–H groups in total. The molecule has 0 saturated heterocycles. The van der Waals surface area contributed by atoms with Crippen molar-refractivity contribution in [1.82, 2.24) is 9.55 Å². The average molecular weight is 400 g/mol. The van der Waals surface area contributed by atoms with Crippen molar-refractivity contribution in [2.45, 2.75) is 38.8 Å². The quantitative estimate of drug-likeness (QED) is 0.578. The number of benzene rings is 1. The van der Waals surface area contributed by atoms with E-state index in [4.69, 9.17) is 9.47 Å². The summed E-state index contributed by atoms with van der Waals surface area (Å²) in [6, 6.07) is 10.1. The molecule has 28 heavy (non-hydrogen) atoms. The van der Waals surface area contributed by atoms with Gasteiger partial charge in [0.2, 0.25) is 11.9 Å². The number of amides is 1. The molecule has 0 radical (unpaired) electrons. The van der Waals surface area contributed by atoms with Gasteiger partial charge in [-0.05, 0) is 48.9 Å². The molecular weight excluding hydrogens is 374 g/mol. The molecule has 3 heterocycles. The molecule has 7 heteroatoms. The van der Waals surface area contributed by atoms with Crippen molar-refractivity contribution in [1.29, 1.82) is 0 Å². The van der Waals surface area contributed by atoms with Crippen LogP contribution in [0.5, 0.6) is 0 Å². The first-order valence-electron chi connectivity index (χ1n) is 9.77. The van der Waals surface area contributed by atoms with E-state index in [-0.39, 0.29) is 12.0 Å². The Labute approximate surface area is 168 Å². The molecule has 0 fully saturated rings. The van der Waals surface area contributed by atoms with Crippen molar-refractivity contribution < 1.29 is 14.3 Å². The van der Waals surface area contributed by atoms with Crippen molar-refractivity contribution in [3.63, 3.8) is 0 Å². The van der Waals surface area contributed by atoms with Gasteiger partial charge in [0.15, 0.2) is 0 Å². The largest absolute Gasteiger partial charge is 0.382 e. The number of hydrogen-bond donors (Lipinski definition) is 1. The second-order valence-corrected chi connectivity index (χ2v) is 7.75. The van der Waals surface area contributed by atoms with Crippen LogP contribution >= 0.6 is 11.3 Å². The molecule has 6 nitrogen and oxygen atoms in total. The van der Waals surface area contributed by atoms with E-state index >= 15 is 0 Å². The van der Waals surface area contributed by atoms with Gasteiger partial charge >= 0.3 is 0 Å². The summed E-state index contributed by atoms with van der Waals surface area (Å²) in [5, 5.41) is 5.08. The number of para-hydroxylation sites is 2. The average Bonchev–Trinajstić information content (AvgIpc) is 3.30. The van der Waals surface area contributed by atoms with Gasteiger partial charge < -0.3 is 14.0 Å². The molecule has 2 aromatic heterocycles. The molecule has 3 aromatic rings. The van der Waals surface area contributed by atoms with Crippen molar-refractivity contribution in [2.75, 3.05) is 25.1 Å². The maximum atomic E-state index is 12.8. The highest BCUT2D eigenvalue weighted by molar-refractivity contribution is 7.10. The number of fused-ring (bicyclic) bond motifs is 2. The van der Waals surface area contributed by atoms with E-state index in [1.54, 1.807) is 11.3 Å². The third-order valence-electron chi connectivity index (χ3n) is 4.91. The van der Waals surface area contributed by atoms with E-state index in [9.17, 15) is 4.79 Å². The van der Waals surface area contributed by atoms with Gasteiger partial charge in [0, 0.05) is 24.6 Å². The Balaban J connectivity index is 1.48. The van der Waals surface area contributed by atoms with Crippen LogP contribution in [0.25, 0.3) is 11.0 Å². The fourth-order valence-electron chi connectivity index (χ4n) is 3.59. The van der Waals surface area contributed by atoms with E-state index in [2.05, 4.69) is 26.3 Å². The molecule has 4 rings (SSSR count). The first-order chi connectivity index (χ1) is 13.8. The highest BCUT2D eigenvalue weighted by atomic mass is 32.1. The number of anilines is 1. The molecule has 1 aliphatic heterocycles. The first-order valence-corrected chi connectivity index (χ1v) is 10.6. The van der Waals surface area contributed by atoms with Crippen LogP contribution in [-0.2, 0) is 27.2 Å². The van der Waals surface area contributed by atoms with Gasteiger partial charge in [-0.1, -0.05) is 12.1 Å². The van der Waals surface area contributed by atoms with Crippen molar-refractivity contribution in [3.05, 3.63) is 46.2 Å². The minimum Gasteiger partial charge on any atom is -0.382 e. The summed E-state index contributed by atoms with van der Waals surface area (Å²) in [6.07, 6.45) is 1.92. The zero-order chi connectivity index (χ0) is 19.3. The number of ether oxygens (including phenoxy) is 2. The molecule has 0 aliphatic carbocycles. The summed E-state index contributed by atoms with van der Waals surface area (Å²) in [7, 11) is 0. The number of nitrogens with zero attached hydrogens (tertiary/aromatic N) is 2. The molecule has 0 bridgehead atoms. The summed E-state index contributed by atoms with van der Waals surface area (Å²) in [5.41, 5.74) is 3.20. The van der Waals surface area contributed by atoms with Crippen LogP contribution < -0.4 is 5.32 Å². The van der Waals surface area contributed by atoms with E-state index < -0.39 is 0 Å². The topological polar surface area (TPSA) is 65.4 Å². The molecule has 1 aliphatic rings. The van der Waals surface area contributed by atoms with Gasteiger partial charge in [0.1, 0.15) is 6.10 Å². The number of rotatable bonds is 8. The zero-order valence-electron chi connectivity index (χ0n) is 16.0. The van der Waals surface area contributed by atoms with Crippen LogP contribution in [-0.4, -0.2) is 35.3 Å². The zero-order valence-corrected chi connectivity index (χ0v) is 16.8. The fourth-order valence-corrected chi connectivity index (χ4v) is 4.59. The lowest BCUT2D eigenvalue weighted by Crippen LogP contribution is -2.22. The Morgan fingerprint density at radius 1 is 1.39 bits per heavy atom. The molecular formula is C21H25N3O3S. The maximum absolute atomic E-state index is 12.8. The van der Waals surface area contributed by atoms with Crippen molar-refractivity contribution in [2.24, 2.45) is 0 Å². The third-order valence-corrected chi connectivity index (χ3v) is 5.97. The first kappa shape index (κ1) is 19.1. The van der Waals surface area contributed by atoms with Gasteiger partial charge in [-0.3, -0.25) is 10.1 Å². The second-order valence-electron chi connectivity index (χ2n) is 6.80. The third kappa shape index (κ3) is 4.11. The Hall–Kier alpha value is -2.22. The molecule has 1 atom stereocenters. The van der Waals surface area contributed by atoms with E-state index in [0.29, 0.717) is 32.2 Å². The lowest BCUT2D eigenvalue weighted by atomic mass is 10.1. The summed E-state index contributed by atoms with van der Waals surface area (Å²) in [6.45, 7) is 4.79. The Kier molecular flexibility index (Phi) is 6.04. The number of thiophene rings is 1. The predicted octanol–water partition coefficient (Wildman–Crippen LogP) is 4.17. The number of carbonyl (C=O) groups is 1. The van der Waals surface area contributed by atoms with Gasteiger partial charge in [-0.2, -0.15) is 0 Å². The number of nitrogens with one attached hydrogen (secondary N) is 1. The highest BCUT2D eigenvalue weighted by Crippen LogP contribution is 2.34. The van der Waals surface area contributed by atoms with E-state index in [1.807, 2.05) is 31.2 Å². The summed E-state index contributed by atoms with van der Waals surface area (Å²) >= 11 is 1.66. The number of hydrogen-bond acceptors (Lipinski definition) is 5. The number of imidazole rings is 1. The standard InChI is InChI=1S/C21H25N3O3S/c1-2-26-11-5-10-24-17-7-4-3-6-16(17)22-21(24)23-19(25)14-18-20-15(8-12-27-18)9-13-28-20/h3-4,6-7,9,13,18H,2,5,8,10-12,14H2,1H3,(H,22,23,25)/t18-/m1/s1. The van der Waals surface area contributed by atoms with Gasteiger partial charge in [-0.15, -0.1) is 11.3 Å². The van der Waals surface area contributed by atoms with Crippen LogP contribution in [0, 0.1) is 0 Å². The fraction of sp³-hybridized carbons (Fsp3) is 0.429. The van der Waals surface area contributed by atoms with Crippen LogP contribution in [0.2, 0.25) is 0 Å². The van der Waals surface area contributed by atoms with Gasteiger partial charge in [0.05, 0.1) is 24.1 Å². The van der Waals surface area contributed by atoms with E-state index in [1.165, 1.54) is 10.4 Å². The van der Waals surface area contributed by atoms with Crippen LogP contribution in [0.3, 0.4) is 0 Å². The molecule has 148 valence electrons. The van der Waals surface area contributed by atoms with Crippen LogP contribution in [0.4, 0.5) is 5.95 Å². The van der Waals surface area contributed by atoms with Crippen LogP contribution in [0.15, 0.2) is 35.7 Å². The minimum atomic E-state index is -0.167. The predicted molar refractivity (Wildman–Crippen MR) is 111 cm³/mol. The lowest BCUT2D eigenvalue weighted by Gasteiger charge is -2.22. The van der Waals surface area contributed by atoms with Gasteiger partial charge in [0.25, 0.3) is 0 Å². The Morgan fingerprint density at radius 3 is 3.18 bits per heavy atom. The van der Waals surface area contributed by atoms with Crippen LogP contribution in [0.1, 0.15) is 36.3 Å². The molecule has 1 amide bonds. The van der Waals surface area contributed by atoms with Crippen molar-refractivity contribution >= 4 is 34.2 Å². The lowest BCUT2D eigenvalue weighted by molar-refractivity contribution is -0.119. The van der Waals surface area contributed by atoms with Crippen molar-refractivity contribution in [3.8, 4) is 0 Å². The second kappa shape index (κ2) is 8.86. The smallest absolute Gasteiger partial charge is 0.229 e. The molecule has 0 unspecified atom stereocenters. The molecule has 0 spiro atoms. The summed E-state index contributed by atoms with van der Waals surface area (Å²) in [5.74, 6) is 0.512. The monoisotopic (exact) mass is 399 g/mol. The Bertz CT molecular complexity index is 949. The summed E-state index contributed by atoms with van der Waals surface area (Å²) < 4.78 is 13.4. The normalized spacial score (nSPS) is 16.2. The Morgan fingerprint density at radius 2 is 2.29 bits per heavy atom. The SMILES string of the molecule is CCOCCCn1c(NC(=O)C[C@H]2OCCc3ccsc32)nc2ccccc21. The highest BCUT2D eigenvalue weighted by Gasteiger charge is 2.25. The number of aryl methyl sites for hydroxylation is 1. The summed E-state index contributed by atoms with van der Waals surface area (Å²) in [4.78, 5) is 18.6. The molecule has 1 aromatic carbocycles. The maximum Gasteiger partial charge on any atom is 0.229 e. The number of aromatic nitrogens is 2. The minimum absolute atomic E-state index is 0.0763.